The molecule has 26 heavy (non-hydrogen) atoms. The summed E-state index contributed by atoms with van der Waals surface area (Å²) >= 11 is 0. The minimum absolute atomic E-state index is 0.0241. The van der Waals surface area contributed by atoms with Crippen LogP contribution in [0.5, 0.6) is 11.5 Å². The molecule has 0 aliphatic heterocycles. The van der Waals surface area contributed by atoms with Crippen LogP contribution in [-0.2, 0) is 0 Å². The first-order valence-electron chi connectivity index (χ1n) is 7.77. The van der Waals surface area contributed by atoms with E-state index in [1.807, 2.05) is 0 Å². The van der Waals surface area contributed by atoms with Gasteiger partial charge >= 0.3 is 5.97 Å². The van der Waals surface area contributed by atoms with Gasteiger partial charge in [0, 0.05) is 11.8 Å². The maximum absolute atomic E-state index is 12.3. The quantitative estimate of drug-likeness (QED) is 0.558. The molecule has 7 heteroatoms. The van der Waals surface area contributed by atoms with Crippen molar-refractivity contribution in [1.82, 2.24) is 5.16 Å². The molecule has 0 saturated carbocycles. The van der Waals surface area contributed by atoms with E-state index >= 15 is 0 Å². The molecule has 0 aliphatic rings. The normalized spacial score (nSPS) is 10.2. The molecular formula is C19H16N2O5. The molecule has 7 nitrogen and oxygen atoms in total. The van der Waals surface area contributed by atoms with E-state index in [9.17, 15) is 9.59 Å². The van der Waals surface area contributed by atoms with Crippen molar-refractivity contribution in [3.63, 3.8) is 0 Å². The minimum atomic E-state index is -0.642. The monoisotopic (exact) mass is 352 g/mol. The first-order valence-corrected chi connectivity index (χ1v) is 7.77. The molecule has 0 bridgehead atoms. The number of hydrogen-bond donors (Lipinski definition) is 1. The fourth-order valence-corrected chi connectivity index (χ4v) is 2.25. The lowest BCUT2D eigenvalue weighted by molar-refractivity contribution is 0.0691. The van der Waals surface area contributed by atoms with E-state index in [-0.39, 0.29) is 11.7 Å². The van der Waals surface area contributed by atoms with Crippen LogP contribution in [0.15, 0.2) is 59.1 Å². The lowest BCUT2D eigenvalue weighted by atomic mass is 10.2. The number of benzene rings is 2. The number of rotatable bonds is 5. The minimum Gasteiger partial charge on any atom is -0.496 e. The molecule has 0 unspecified atom stereocenters. The molecule has 1 aromatic heterocycles. The summed E-state index contributed by atoms with van der Waals surface area (Å²) in [5, 5.41) is 6.40. The molecule has 0 saturated heterocycles. The second-order valence-electron chi connectivity index (χ2n) is 5.40. The highest BCUT2D eigenvalue weighted by atomic mass is 16.6. The SMILES string of the molecule is COc1ccccc1C(=O)Nc1ccc(OC(=O)c2cc(C)no2)cc1. The van der Waals surface area contributed by atoms with Gasteiger partial charge in [0.2, 0.25) is 5.76 Å². The van der Waals surface area contributed by atoms with Gasteiger partial charge in [-0.05, 0) is 43.3 Å². The number of nitrogens with one attached hydrogen (secondary N) is 1. The molecule has 0 spiro atoms. The molecule has 1 amide bonds. The van der Waals surface area contributed by atoms with E-state index in [1.165, 1.54) is 13.2 Å². The van der Waals surface area contributed by atoms with Crippen LogP contribution in [-0.4, -0.2) is 24.1 Å². The van der Waals surface area contributed by atoms with Crippen LogP contribution in [0.2, 0.25) is 0 Å². The zero-order chi connectivity index (χ0) is 18.5. The summed E-state index contributed by atoms with van der Waals surface area (Å²) in [6, 6.07) is 14.8. The topological polar surface area (TPSA) is 90.7 Å². The average Bonchev–Trinajstić information content (AvgIpc) is 3.10. The summed E-state index contributed by atoms with van der Waals surface area (Å²) < 4.78 is 15.2. The number of aromatic nitrogens is 1. The number of aryl methyl sites for hydroxylation is 1. The highest BCUT2D eigenvalue weighted by molar-refractivity contribution is 6.06. The number of ether oxygens (including phenoxy) is 2. The number of anilines is 1. The van der Waals surface area contributed by atoms with E-state index in [1.54, 1.807) is 55.5 Å². The van der Waals surface area contributed by atoms with Crippen molar-refractivity contribution in [2.45, 2.75) is 6.92 Å². The van der Waals surface area contributed by atoms with Gasteiger partial charge in [-0.3, -0.25) is 4.79 Å². The van der Waals surface area contributed by atoms with Crippen LogP contribution in [0.1, 0.15) is 26.6 Å². The number of nitrogens with zero attached hydrogens (tertiary/aromatic N) is 1. The number of carbonyl (C=O) groups is 2. The van der Waals surface area contributed by atoms with Crippen molar-refractivity contribution in [3.8, 4) is 11.5 Å². The van der Waals surface area contributed by atoms with Gasteiger partial charge in [-0.25, -0.2) is 4.79 Å². The molecule has 1 heterocycles. The Morgan fingerprint density at radius 2 is 1.81 bits per heavy atom. The van der Waals surface area contributed by atoms with Gasteiger partial charge < -0.3 is 19.3 Å². The highest BCUT2D eigenvalue weighted by Gasteiger charge is 2.15. The molecule has 3 aromatic rings. The molecule has 0 radical (unpaired) electrons. The van der Waals surface area contributed by atoms with Crippen molar-refractivity contribution in [3.05, 3.63) is 71.6 Å². The fraction of sp³-hybridized carbons (Fsp3) is 0.105. The third kappa shape index (κ3) is 3.89. The summed E-state index contributed by atoms with van der Waals surface area (Å²) in [4.78, 5) is 24.3. The summed E-state index contributed by atoms with van der Waals surface area (Å²) in [5.74, 6) is -0.117. The molecule has 0 fully saturated rings. The Labute approximate surface area is 149 Å². The van der Waals surface area contributed by atoms with Crippen LogP contribution in [0.4, 0.5) is 5.69 Å². The Balaban J connectivity index is 1.66. The van der Waals surface area contributed by atoms with Crippen LogP contribution in [0.25, 0.3) is 0 Å². The van der Waals surface area contributed by atoms with Crippen LogP contribution in [0, 0.1) is 6.92 Å². The number of amides is 1. The molecule has 3 rings (SSSR count). The lowest BCUT2D eigenvalue weighted by Crippen LogP contribution is -2.13. The Hall–Kier alpha value is -3.61. The zero-order valence-electron chi connectivity index (χ0n) is 14.2. The predicted molar refractivity (Wildman–Crippen MR) is 93.6 cm³/mol. The predicted octanol–water partition coefficient (Wildman–Crippen LogP) is 3.46. The summed E-state index contributed by atoms with van der Waals surface area (Å²) in [7, 11) is 1.51. The van der Waals surface area contributed by atoms with Crippen LogP contribution >= 0.6 is 0 Å². The van der Waals surface area contributed by atoms with Crippen molar-refractivity contribution in [2.24, 2.45) is 0 Å². The Morgan fingerprint density at radius 3 is 2.46 bits per heavy atom. The molecule has 0 atom stereocenters. The molecule has 132 valence electrons. The van der Waals surface area contributed by atoms with Crippen molar-refractivity contribution in [1.29, 1.82) is 0 Å². The fourth-order valence-electron chi connectivity index (χ4n) is 2.25. The summed E-state index contributed by atoms with van der Waals surface area (Å²) in [5.41, 5.74) is 1.56. The van der Waals surface area contributed by atoms with Crippen molar-refractivity contribution >= 4 is 17.6 Å². The van der Waals surface area contributed by atoms with Crippen molar-refractivity contribution in [2.75, 3.05) is 12.4 Å². The molecular weight excluding hydrogens is 336 g/mol. The maximum atomic E-state index is 12.3. The third-order valence-electron chi connectivity index (χ3n) is 3.50. The van der Waals surface area contributed by atoms with Gasteiger partial charge in [0.25, 0.3) is 5.91 Å². The standard InChI is InChI=1S/C19H16N2O5/c1-12-11-17(26-21-12)19(23)25-14-9-7-13(8-10-14)20-18(22)15-5-3-4-6-16(15)24-2/h3-11H,1-2H3,(H,20,22). The van der Waals surface area contributed by atoms with E-state index < -0.39 is 5.97 Å². The van der Waals surface area contributed by atoms with E-state index in [0.717, 1.165) is 0 Å². The second kappa shape index (κ2) is 7.52. The second-order valence-corrected chi connectivity index (χ2v) is 5.40. The van der Waals surface area contributed by atoms with E-state index in [0.29, 0.717) is 28.4 Å². The first-order chi connectivity index (χ1) is 12.6. The van der Waals surface area contributed by atoms with Gasteiger partial charge in [-0.2, -0.15) is 0 Å². The summed E-state index contributed by atoms with van der Waals surface area (Å²) in [6.45, 7) is 1.71. The van der Waals surface area contributed by atoms with Crippen LogP contribution < -0.4 is 14.8 Å². The maximum Gasteiger partial charge on any atom is 0.382 e. The Kier molecular flexibility index (Phi) is 4.98. The number of carbonyl (C=O) groups excluding carboxylic acids is 2. The molecule has 1 N–H and O–H groups in total. The largest absolute Gasteiger partial charge is 0.496 e. The number of hydrogen-bond acceptors (Lipinski definition) is 6. The van der Waals surface area contributed by atoms with E-state index in [4.69, 9.17) is 14.0 Å². The van der Waals surface area contributed by atoms with Gasteiger partial charge in [0.05, 0.1) is 18.4 Å². The van der Waals surface area contributed by atoms with Gasteiger partial charge in [0.15, 0.2) is 0 Å². The van der Waals surface area contributed by atoms with Gasteiger partial charge in [0.1, 0.15) is 11.5 Å². The van der Waals surface area contributed by atoms with Crippen LogP contribution in [0.3, 0.4) is 0 Å². The van der Waals surface area contributed by atoms with E-state index in [2.05, 4.69) is 10.5 Å². The summed E-state index contributed by atoms with van der Waals surface area (Å²) in [6.07, 6.45) is 0. The van der Waals surface area contributed by atoms with Crippen molar-refractivity contribution < 1.29 is 23.6 Å². The molecule has 2 aromatic carbocycles. The number of esters is 1. The average molecular weight is 352 g/mol. The first kappa shape index (κ1) is 17.2. The Bertz CT molecular complexity index is 931. The molecule has 0 aliphatic carbocycles. The number of para-hydroxylation sites is 1. The lowest BCUT2D eigenvalue weighted by Gasteiger charge is -2.09. The Morgan fingerprint density at radius 1 is 1.08 bits per heavy atom. The van der Waals surface area contributed by atoms with Gasteiger partial charge in [-0.15, -0.1) is 0 Å². The number of methoxy groups -OCH3 is 1. The highest BCUT2D eigenvalue weighted by Crippen LogP contribution is 2.21. The third-order valence-corrected chi connectivity index (χ3v) is 3.50. The smallest absolute Gasteiger partial charge is 0.382 e. The zero-order valence-corrected chi connectivity index (χ0v) is 14.2. The van der Waals surface area contributed by atoms with Gasteiger partial charge in [-0.1, -0.05) is 17.3 Å².